The summed E-state index contributed by atoms with van der Waals surface area (Å²) in [5, 5.41) is 0.742. The van der Waals surface area contributed by atoms with Gasteiger partial charge in [0.25, 0.3) is 0 Å². The number of rotatable bonds is 5. The fraction of sp³-hybridized carbons (Fsp3) is 0.444. The van der Waals surface area contributed by atoms with Crippen LogP contribution in [-0.2, 0) is 25.5 Å². The average molecular weight is 457 g/mol. The van der Waals surface area contributed by atoms with Crippen LogP contribution in [0, 0.1) is 19.3 Å². The third kappa shape index (κ3) is 7.03. The van der Waals surface area contributed by atoms with Crippen LogP contribution in [0.25, 0.3) is 11.1 Å². The molecule has 1 aliphatic rings. The molecule has 0 aliphatic heterocycles. The lowest BCUT2D eigenvalue weighted by molar-refractivity contribution is -0.156. The van der Waals surface area contributed by atoms with Crippen LogP contribution < -0.4 is 0 Å². The van der Waals surface area contributed by atoms with Crippen LogP contribution in [0.2, 0.25) is 5.02 Å². The molecule has 0 radical (unpaired) electrons. The van der Waals surface area contributed by atoms with E-state index in [4.69, 9.17) is 16.3 Å². The molecule has 2 aromatic carbocycles. The van der Waals surface area contributed by atoms with Crippen molar-refractivity contribution in [2.75, 3.05) is 6.61 Å². The normalized spacial score (nSPS) is 14.9. The number of ether oxygens (including phenoxy) is 1. The van der Waals surface area contributed by atoms with Crippen LogP contribution in [0.4, 0.5) is 0 Å². The smallest absolute Gasteiger partial charge is 0.311 e. The first-order valence-electron chi connectivity index (χ1n) is 11.1. The van der Waals surface area contributed by atoms with Gasteiger partial charge in [0.05, 0.1) is 12.0 Å². The Morgan fingerprint density at radius 1 is 1.03 bits per heavy atom. The Morgan fingerprint density at radius 2 is 1.62 bits per heavy atom. The lowest BCUT2D eigenvalue weighted by Gasteiger charge is -2.30. The van der Waals surface area contributed by atoms with Crippen LogP contribution in [0.1, 0.15) is 63.1 Å². The van der Waals surface area contributed by atoms with Gasteiger partial charge in [-0.15, -0.1) is 0 Å². The van der Waals surface area contributed by atoms with E-state index in [1.54, 1.807) is 13.8 Å². The summed E-state index contributed by atoms with van der Waals surface area (Å²) in [4.78, 5) is 33.7. The number of hydrogen-bond acceptors (Lipinski definition) is 4. The number of aryl methyl sites for hydroxylation is 2. The molecule has 0 N–H and O–H groups in total. The molecule has 3 rings (SSSR count). The zero-order chi connectivity index (χ0) is 23.9. The number of Topliss-reactive ketones (excluding diaryl/α,β-unsaturated/α-hetero) is 2. The van der Waals surface area contributed by atoms with Crippen molar-refractivity contribution >= 4 is 29.1 Å². The van der Waals surface area contributed by atoms with Crippen LogP contribution >= 0.6 is 11.6 Å². The molecule has 0 heterocycles. The monoisotopic (exact) mass is 456 g/mol. The van der Waals surface area contributed by atoms with Crippen molar-refractivity contribution in [1.82, 2.24) is 0 Å². The van der Waals surface area contributed by atoms with Crippen LogP contribution in [-0.4, -0.2) is 24.1 Å². The Labute approximate surface area is 196 Å². The lowest BCUT2D eigenvalue weighted by Crippen LogP contribution is -2.34. The second-order valence-corrected chi connectivity index (χ2v) is 9.24. The highest BCUT2D eigenvalue weighted by Crippen LogP contribution is 2.35. The number of carbonyl (C=O) groups excluding carboxylic acids is 3. The van der Waals surface area contributed by atoms with Gasteiger partial charge in [0.2, 0.25) is 0 Å². The van der Waals surface area contributed by atoms with Crippen LogP contribution in [0.3, 0.4) is 0 Å². The highest BCUT2D eigenvalue weighted by atomic mass is 35.5. The second kappa shape index (κ2) is 11.4. The summed E-state index contributed by atoms with van der Waals surface area (Å²) < 4.78 is 4.97. The molecule has 0 atom stereocenters. The lowest BCUT2D eigenvalue weighted by atomic mass is 9.75. The Kier molecular flexibility index (Phi) is 9.21. The maximum atomic E-state index is 11.5. The quantitative estimate of drug-likeness (QED) is 0.484. The van der Waals surface area contributed by atoms with Gasteiger partial charge in [-0.3, -0.25) is 14.4 Å². The molecular formula is C27H33ClO4. The van der Waals surface area contributed by atoms with E-state index in [0.717, 1.165) is 21.7 Å². The van der Waals surface area contributed by atoms with Gasteiger partial charge in [0.1, 0.15) is 11.6 Å². The fourth-order valence-electron chi connectivity index (χ4n) is 3.87. The number of benzene rings is 2. The van der Waals surface area contributed by atoms with Crippen molar-refractivity contribution in [2.45, 2.75) is 66.7 Å². The summed E-state index contributed by atoms with van der Waals surface area (Å²) in [5.74, 6) is 0.311. The molecular weight excluding hydrogens is 424 g/mol. The fourth-order valence-corrected chi connectivity index (χ4v) is 3.99. The molecule has 0 spiro atoms. The summed E-state index contributed by atoms with van der Waals surface area (Å²) in [6, 6.07) is 12.1. The van der Waals surface area contributed by atoms with Crippen molar-refractivity contribution in [3.8, 4) is 11.1 Å². The topological polar surface area (TPSA) is 60.4 Å². The number of halogens is 1. The van der Waals surface area contributed by atoms with Gasteiger partial charge in [-0.2, -0.15) is 0 Å². The molecule has 4 nitrogen and oxygen atoms in total. The Morgan fingerprint density at radius 3 is 2.16 bits per heavy atom. The summed E-state index contributed by atoms with van der Waals surface area (Å²) >= 11 is 5.92. The minimum Gasteiger partial charge on any atom is -0.466 e. The van der Waals surface area contributed by atoms with Crippen LogP contribution in [0.5, 0.6) is 0 Å². The maximum Gasteiger partial charge on any atom is 0.311 e. The summed E-state index contributed by atoms with van der Waals surface area (Å²) in [6.45, 7) is 9.86. The van der Waals surface area contributed by atoms with Crippen molar-refractivity contribution in [3.63, 3.8) is 0 Å². The van der Waals surface area contributed by atoms with Crippen molar-refractivity contribution in [3.05, 3.63) is 58.1 Å². The molecule has 2 aromatic rings. The minimum atomic E-state index is -0.413. The van der Waals surface area contributed by atoms with E-state index in [9.17, 15) is 14.4 Å². The molecule has 172 valence electrons. The molecule has 5 heteroatoms. The average Bonchev–Trinajstić information content (AvgIpc) is 2.74. The zero-order valence-electron chi connectivity index (χ0n) is 19.7. The highest BCUT2D eigenvalue weighted by Gasteiger charge is 2.38. The molecule has 1 aliphatic carbocycles. The van der Waals surface area contributed by atoms with E-state index in [-0.39, 0.29) is 17.5 Å². The Hall–Kier alpha value is -2.46. The van der Waals surface area contributed by atoms with Crippen molar-refractivity contribution < 1.29 is 19.1 Å². The minimum absolute atomic E-state index is 0.150. The molecule has 0 unspecified atom stereocenters. The largest absolute Gasteiger partial charge is 0.466 e. The number of ketones is 2. The van der Waals surface area contributed by atoms with E-state index in [1.807, 2.05) is 31.2 Å². The third-order valence-electron chi connectivity index (χ3n) is 5.96. The first-order chi connectivity index (χ1) is 15.1. The van der Waals surface area contributed by atoms with Gasteiger partial charge in [-0.25, -0.2) is 0 Å². The van der Waals surface area contributed by atoms with E-state index in [1.165, 1.54) is 11.1 Å². The predicted octanol–water partition coefficient (Wildman–Crippen LogP) is 6.45. The molecule has 32 heavy (non-hydrogen) atoms. The van der Waals surface area contributed by atoms with Crippen molar-refractivity contribution in [2.24, 2.45) is 5.41 Å². The SMILES string of the molecule is CC(=O)Cc1cc(C)c(-c2ccc(Cl)cc2)cc1C.CCOC(=O)C1(C)CCC(=O)CC1. The molecule has 1 saturated carbocycles. The van der Waals surface area contributed by atoms with E-state index in [0.29, 0.717) is 38.7 Å². The predicted molar refractivity (Wildman–Crippen MR) is 129 cm³/mol. The molecule has 0 saturated heterocycles. The van der Waals surface area contributed by atoms with Gasteiger partial charge in [-0.05, 0) is 87.4 Å². The van der Waals surface area contributed by atoms with Gasteiger partial charge < -0.3 is 4.74 Å². The molecule has 1 fully saturated rings. The van der Waals surface area contributed by atoms with Crippen LogP contribution in [0.15, 0.2) is 36.4 Å². The molecule has 0 bridgehead atoms. The second-order valence-electron chi connectivity index (χ2n) is 8.80. The van der Waals surface area contributed by atoms with E-state index in [2.05, 4.69) is 26.0 Å². The van der Waals surface area contributed by atoms with Gasteiger partial charge in [0, 0.05) is 24.3 Å². The molecule has 0 aromatic heterocycles. The standard InChI is InChI=1S/C17H17ClO.C10H16O3/c1-11-9-17(14-4-6-16(18)7-5-14)12(2)8-15(11)10-13(3)19;1-3-13-9(12)10(2)6-4-8(11)5-7-10/h4-9H,10H2,1-3H3;3-7H2,1-2H3. The van der Waals surface area contributed by atoms with Crippen molar-refractivity contribution in [1.29, 1.82) is 0 Å². The zero-order valence-corrected chi connectivity index (χ0v) is 20.5. The highest BCUT2D eigenvalue weighted by molar-refractivity contribution is 6.30. The van der Waals surface area contributed by atoms with E-state index < -0.39 is 5.41 Å². The summed E-state index contributed by atoms with van der Waals surface area (Å²) in [6.07, 6.45) is 2.84. The third-order valence-corrected chi connectivity index (χ3v) is 6.21. The van der Waals surface area contributed by atoms with E-state index >= 15 is 0 Å². The Bertz CT molecular complexity index is 966. The van der Waals surface area contributed by atoms with Gasteiger partial charge >= 0.3 is 5.97 Å². The molecule has 0 amide bonds. The first kappa shape index (κ1) is 25.8. The van der Waals surface area contributed by atoms with Gasteiger partial charge in [-0.1, -0.05) is 35.9 Å². The number of carbonyl (C=O) groups is 3. The van der Waals surface area contributed by atoms with Gasteiger partial charge in [0.15, 0.2) is 0 Å². The Balaban J connectivity index is 0.000000244. The first-order valence-corrected chi connectivity index (χ1v) is 11.5. The number of esters is 1. The number of hydrogen-bond donors (Lipinski definition) is 0. The summed E-state index contributed by atoms with van der Waals surface area (Å²) in [7, 11) is 0. The maximum absolute atomic E-state index is 11.5. The summed E-state index contributed by atoms with van der Waals surface area (Å²) in [5.41, 5.74) is 5.39.